The van der Waals surface area contributed by atoms with Gasteiger partial charge in [0, 0.05) is 23.9 Å². The predicted octanol–water partition coefficient (Wildman–Crippen LogP) is 3.77. The number of aliphatic imine (C=N–C) groups is 1. The Morgan fingerprint density at radius 1 is 1.27 bits per heavy atom. The van der Waals surface area contributed by atoms with Crippen LogP contribution in [0.5, 0.6) is 5.75 Å². The lowest BCUT2D eigenvalue weighted by atomic mass is 10.1. The SMILES string of the molecule is CCNC(=NCC(C)c1cccs1)NCC(O)c1cccc(OC)c1.I. The summed E-state index contributed by atoms with van der Waals surface area (Å²) >= 11 is 1.75. The van der Waals surface area contributed by atoms with Crippen LogP contribution in [0.15, 0.2) is 46.8 Å². The molecular formula is C19H28IN3O2S. The summed E-state index contributed by atoms with van der Waals surface area (Å²) in [6.45, 7) is 6.05. The van der Waals surface area contributed by atoms with E-state index in [0.717, 1.165) is 17.9 Å². The zero-order chi connectivity index (χ0) is 18.1. The van der Waals surface area contributed by atoms with Crippen molar-refractivity contribution >= 4 is 41.3 Å². The number of nitrogens with one attached hydrogen (secondary N) is 2. The Labute approximate surface area is 176 Å². The van der Waals surface area contributed by atoms with Crippen LogP contribution in [0.1, 0.15) is 36.3 Å². The highest BCUT2D eigenvalue weighted by Crippen LogP contribution is 2.21. The lowest BCUT2D eigenvalue weighted by Crippen LogP contribution is -2.39. The molecule has 2 aromatic rings. The van der Waals surface area contributed by atoms with Crippen molar-refractivity contribution in [3.05, 3.63) is 52.2 Å². The third-order valence-corrected chi connectivity index (χ3v) is 4.94. The molecule has 26 heavy (non-hydrogen) atoms. The van der Waals surface area contributed by atoms with Gasteiger partial charge in [-0.05, 0) is 36.1 Å². The van der Waals surface area contributed by atoms with Gasteiger partial charge in [0.2, 0.25) is 0 Å². The van der Waals surface area contributed by atoms with Crippen LogP contribution >= 0.6 is 35.3 Å². The van der Waals surface area contributed by atoms with E-state index in [1.807, 2.05) is 31.2 Å². The minimum absolute atomic E-state index is 0. The number of hydrogen-bond acceptors (Lipinski definition) is 4. The molecule has 0 fully saturated rings. The number of methoxy groups -OCH3 is 1. The van der Waals surface area contributed by atoms with Crippen molar-refractivity contribution in [1.82, 2.24) is 10.6 Å². The number of aliphatic hydroxyl groups excluding tert-OH is 1. The van der Waals surface area contributed by atoms with Crippen LogP contribution < -0.4 is 15.4 Å². The van der Waals surface area contributed by atoms with E-state index in [0.29, 0.717) is 25.0 Å². The largest absolute Gasteiger partial charge is 0.497 e. The molecule has 0 radical (unpaired) electrons. The molecule has 3 N–H and O–H groups in total. The molecule has 0 aliphatic rings. The molecule has 0 bridgehead atoms. The van der Waals surface area contributed by atoms with Gasteiger partial charge in [0.1, 0.15) is 5.75 Å². The van der Waals surface area contributed by atoms with Gasteiger partial charge in [-0.3, -0.25) is 4.99 Å². The molecule has 0 aliphatic heterocycles. The lowest BCUT2D eigenvalue weighted by Gasteiger charge is -2.16. The molecule has 2 rings (SSSR count). The molecule has 1 aromatic heterocycles. The summed E-state index contributed by atoms with van der Waals surface area (Å²) in [5.41, 5.74) is 0.814. The first-order valence-corrected chi connectivity index (χ1v) is 9.39. The quantitative estimate of drug-likeness (QED) is 0.300. The van der Waals surface area contributed by atoms with Crippen molar-refractivity contribution in [1.29, 1.82) is 0 Å². The Kier molecular flexibility index (Phi) is 10.6. The van der Waals surface area contributed by atoms with Crippen LogP contribution in [0.4, 0.5) is 0 Å². The van der Waals surface area contributed by atoms with E-state index >= 15 is 0 Å². The Bertz CT molecular complexity index is 665. The van der Waals surface area contributed by atoms with Crippen molar-refractivity contribution < 1.29 is 9.84 Å². The number of rotatable bonds is 8. The van der Waals surface area contributed by atoms with E-state index in [1.54, 1.807) is 18.4 Å². The molecule has 0 spiro atoms. The van der Waals surface area contributed by atoms with Gasteiger partial charge < -0.3 is 20.5 Å². The maximum atomic E-state index is 10.4. The van der Waals surface area contributed by atoms with Gasteiger partial charge in [-0.15, -0.1) is 35.3 Å². The zero-order valence-corrected chi connectivity index (χ0v) is 18.6. The maximum Gasteiger partial charge on any atom is 0.191 e. The Morgan fingerprint density at radius 2 is 2.08 bits per heavy atom. The number of hydrogen-bond donors (Lipinski definition) is 3. The van der Waals surface area contributed by atoms with Gasteiger partial charge >= 0.3 is 0 Å². The second-order valence-electron chi connectivity index (χ2n) is 5.81. The van der Waals surface area contributed by atoms with E-state index < -0.39 is 6.10 Å². The Balaban J connectivity index is 0.00000338. The van der Waals surface area contributed by atoms with Crippen LogP contribution in [0.2, 0.25) is 0 Å². The molecule has 0 aliphatic carbocycles. The summed E-state index contributed by atoms with van der Waals surface area (Å²) in [5, 5.41) is 18.9. The molecule has 0 saturated carbocycles. The minimum atomic E-state index is -0.631. The normalized spacial score (nSPS) is 13.5. The number of aliphatic hydroxyl groups is 1. The average molecular weight is 489 g/mol. The Hall–Kier alpha value is -1.32. The molecule has 2 atom stereocenters. The van der Waals surface area contributed by atoms with Crippen molar-refractivity contribution in [2.45, 2.75) is 25.9 Å². The number of ether oxygens (including phenoxy) is 1. The van der Waals surface area contributed by atoms with Crippen LogP contribution in [0, 0.1) is 0 Å². The highest BCUT2D eigenvalue weighted by atomic mass is 127. The standard InChI is InChI=1S/C19H27N3O2S.HI/c1-4-20-19(21-12-14(2)18-9-6-10-25-18)22-13-17(23)15-7-5-8-16(11-15)24-3;/h5-11,14,17,23H,4,12-13H2,1-3H3,(H2,20,21,22);1H. The third kappa shape index (κ3) is 7.13. The lowest BCUT2D eigenvalue weighted by molar-refractivity contribution is 0.180. The molecule has 7 heteroatoms. The van der Waals surface area contributed by atoms with Crippen LogP contribution in [0.3, 0.4) is 0 Å². The fraction of sp³-hybridized carbons (Fsp3) is 0.421. The first-order valence-electron chi connectivity index (χ1n) is 8.51. The highest BCUT2D eigenvalue weighted by Gasteiger charge is 2.10. The van der Waals surface area contributed by atoms with Crippen LogP contribution in [-0.4, -0.2) is 37.8 Å². The van der Waals surface area contributed by atoms with Gasteiger partial charge in [-0.25, -0.2) is 0 Å². The van der Waals surface area contributed by atoms with E-state index in [9.17, 15) is 5.11 Å². The fourth-order valence-corrected chi connectivity index (χ4v) is 3.17. The van der Waals surface area contributed by atoms with E-state index in [-0.39, 0.29) is 24.0 Å². The molecule has 0 saturated heterocycles. The summed E-state index contributed by atoms with van der Waals surface area (Å²) in [5.74, 6) is 1.83. The Morgan fingerprint density at radius 3 is 2.73 bits per heavy atom. The number of benzene rings is 1. The van der Waals surface area contributed by atoms with Gasteiger partial charge in [0.05, 0.1) is 19.8 Å². The van der Waals surface area contributed by atoms with Gasteiger partial charge in [-0.1, -0.05) is 25.1 Å². The maximum absolute atomic E-state index is 10.4. The van der Waals surface area contributed by atoms with Gasteiger partial charge in [0.15, 0.2) is 5.96 Å². The summed E-state index contributed by atoms with van der Waals surface area (Å²) in [6.07, 6.45) is -0.631. The summed E-state index contributed by atoms with van der Waals surface area (Å²) in [6, 6.07) is 11.7. The molecule has 5 nitrogen and oxygen atoms in total. The van der Waals surface area contributed by atoms with Crippen molar-refractivity contribution in [2.75, 3.05) is 26.7 Å². The topological polar surface area (TPSA) is 65.9 Å². The highest BCUT2D eigenvalue weighted by molar-refractivity contribution is 14.0. The summed E-state index contributed by atoms with van der Waals surface area (Å²) in [4.78, 5) is 5.96. The first kappa shape index (κ1) is 22.7. The molecule has 1 aromatic carbocycles. The van der Waals surface area contributed by atoms with E-state index in [4.69, 9.17) is 4.74 Å². The van der Waals surface area contributed by atoms with E-state index in [1.165, 1.54) is 4.88 Å². The number of halogens is 1. The molecule has 2 unspecified atom stereocenters. The predicted molar refractivity (Wildman–Crippen MR) is 120 cm³/mol. The summed E-state index contributed by atoms with van der Waals surface area (Å²) < 4.78 is 5.20. The van der Waals surface area contributed by atoms with Crippen molar-refractivity contribution in [3.8, 4) is 5.75 Å². The smallest absolute Gasteiger partial charge is 0.191 e. The number of guanidine groups is 1. The van der Waals surface area contributed by atoms with Gasteiger partial charge in [-0.2, -0.15) is 0 Å². The fourth-order valence-electron chi connectivity index (χ4n) is 2.39. The molecule has 144 valence electrons. The number of thiophene rings is 1. The second kappa shape index (κ2) is 12.1. The van der Waals surface area contributed by atoms with Gasteiger partial charge in [0.25, 0.3) is 0 Å². The van der Waals surface area contributed by atoms with Crippen LogP contribution in [0.25, 0.3) is 0 Å². The van der Waals surface area contributed by atoms with Crippen molar-refractivity contribution in [2.24, 2.45) is 4.99 Å². The summed E-state index contributed by atoms with van der Waals surface area (Å²) in [7, 11) is 1.62. The second-order valence-corrected chi connectivity index (χ2v) is 6.79. The number of nitrogens with zero attached hydrogens (tertiary/aromatic N) is 1. The minimum Gasteiger partial charge on any atom is -0.497 e. The average Bonchev–Trinajstić information content (AvgIpc) is 3.18. The molecular weight excluding hydrogens is 461 g/mol. The monoisotopic (exact) mass is 489 g/mol. The zero-order valence-electron chi connectivity index (χ0n) is 15.4. The van der Waals surface area contributed by atoms with Crippen LogP contribution in [-0.2, 0) is 0 Å². The molecule has 0 amide bonds. The van der Waals surface area contributed by atoms with E-state index in [2.05, 4.69) is 40.1 Å². The molecule has 1 heterocycles. The van der Waals surface area contributed by atoms with Crippen molar-refractivity contribution in [3.63, 3.8) is 0 Å². The first-order chi connectivity index (χ1) is 12.1. The third-order valence-electron chi connectivity index (χ3n) is 3.84.